The summed E-state index contributed by atoms with van der Waals surface area (Å²) in [6.45, 7) is 2.45. The van der Waals surface area contributed by atoms with Gasteiger partial charge in [-0.3, -0.25) is 9.59 Å². The highest BCUT2D eigenvalue weighted by Gasteiger charge is 2.11. The minimum Gasteiger partial charge on any atom is -0.340 e. The molecule has 1 aromatic heterocycles. The Hall–Kier alpha value is -2.36. The summed E-state index contributed by atoms with van der Waals surface area (Å²) in [6, 6.07) is 14.8. The quantitative estimate of drug-likeness (QED) is 0.850. The molecule has 0 N–H and O–H groups in total. The molecule has 0 saturated heterocycles. The topological polar surface area (TPSA) is 42.3 Å². The van der Waals surface area contributed by atoms with E-state index >= 15 is 0 Å². The fraction of sp³-hybridized carbons (Fsp3) is 0.250. The van der Waals surface area contributed by atoms with Gasteiger partial charge in [0.05, 0.1) is 0 Å². The van der Waals surface area contributed by atoms with Crippen LogP contribution in [0.3, 0.4) is 0 Å². The number of hydrogen-bond donors (Lipinski definition) is 0. The van der Waals surface area contributed by atoms with Crippen molar-refractivity contribution in [3.63, 3.8) is 0 Å². The molecule has 4 heteroatoms. The maximum absolute atomic E-state index is 12.2. The van der Waals surface area contributed by atoms with Gasteiger partial charge in [0.25, 0.3) is 5.56 Å². The Morgan fingerprint density at radius 3 is 2.45 bits per heavy atom. The second kappa shape index (κ2) is 6.19. The van der Waals surface area contributed by atoms with Gasteiger partial charge in [-0.1, -0.05) is 36.4 Å². The lowest BCUT2D eigenvalue weighted by molar-refractivity contribution is -0.131. The van der Waals surface area contributed by atoms with Crippen LogP contribution >= 0.6 is 0 Å². The smallest absolute Gasteiger partial charge is 0.251 e. The first-order valence-corrected chi connectivity index (χ1v) is 6.52. The monoisotopic (exact) mass is 270 g/mol. The molecule has 1 aromatic carbocycles. The zero-order valence-corrected chi connectivity index (χ0v) is 11.7. The van der Waals surface area contributed by atoms with Gasteiger partial charge in [0, 0.05) is 25.4 Å². The Kier molecular flexibility index (Phi) is 4.35. The predicted molar refractivity (Wildman–Crippen MR) is 78.4 cm³/mol. The van der Waals surface area contributed by atoms with E-state index in [1.54, 1.807) is 18.0 Å². The number of rotatable bonds is 4. The van der Waals surface area contributed by atoms with Crippen molar-refractivity contribution in [2.75, 3.05) is 7.05 Å². The van der Waals surface area contributed by atoms with Crippen molar-refractivity contribution in [2.24, 2.45) is 0 Å². The number of likely N-dealkylation sites (N-methyl/N-ethyl adjacent to an activating group) is 1. The first-order valence-electron chi connectivity index (χ1n) is 6.52. The van der Waals surface area contributed by atoms with Crippen LogP contribution in [0.5, 0.6) is 0 Å². The number of pyridine rings is 1. The van der Waals surface area contributed by atoms with Crippen LogP contribution in [0.4, 0.5) is 0 Å². The molecule has 0 aliphatic heterocycles. The Labute approximate surface area is 118 Å². The highest BCUT2D eigenvalue weighted by atomic mass is 16.2. The van der Waals surface area contributed by atoms with E-state index in [2.05, 4.69) is 0 Å². The minimum absolute atomic E-state index is 0.0782. The highest BCUT2D eigenvalue weighted by molar-refractivity contribution is 5.75. The molecule has 0 aliphatic carbocycles. The van der Waals surface area contributed by atoms with Gasteiger partial charge in [-0.15, -0.1) is 0 Å². The van der Waals surface area contributed by atoms with Crippen LogP contribution in [-0.4, -0.2) is 22.4 Å². The van der Waals surface area contributed by atoms with E-state index in [9.17, 15) is 9.59 Å². The van der Waals surface area contributed by atoms with Crippen LogP contribution in [0, 0.1) is 6.92 Å². The Balaban J connectivity index is 2.07. The Morgan fingerprint density at radius 1 is 1.10 bits per heavy atom. The highest BCUT2D eigenvalue weighted by Crippen LogP contribution is 2.04. The van der Waals surface area contributed by atoms with Crippen molar-refractivity contribution >= 4 is 5.91 Å². The normalized spacial score (nSPS) is 10.3. The molecule has 0 unspecified atom stereocenters. The van der Waals surface area contributed by atoms with E-state index in [1.165, 1.54) is 10.6 Å². The number of carbonyl (C=O) groups excluding carboxylic acids is 1. The maximum atomic E-state index is 12.2. The van der Waals surface area contributed by atoms with Crippen molar-refractivity contribution < 1.29 is 4.79 Å². The van der Waals surface area contributed by atoms with E-state index < -0.39 is 0 Å². The van der Waals surface area contributed by atoms with E-state index in [0.717, 1.165) is 11.3 Å². The van der Waals surface area contributed by atoms with Crippen LogP contribution < -0.4 is 5.56 Å². The van der Waals surface area contributed by atoms with Crippen LogP contribution in [-0.2, 0) is 17.9 Å². The zero-order chi connectivity index (χ0) is 14.5. The minimum atomic E-state index is -0.147. The van der Waals surface area contributed by atoms with Crippen molar-refractivity contribution in [1.82, 2.24) is 9.47 Å². The third-order valence-corrected chi connectivity index (χ3v) is 3.25. The second-order valence-corrected chi connectivity index (χ2v) is 4.83. The van der Waals surface area contributed by atoms with Gasteiger partial charge in [0.15, 0.2) is 0 Å². The molecule has 0 atom stereocenters. The number of nitrogens with zero attached hydrogens (tertiary/aromatic N) is 2. The van der Waals surface area contributed by atoms with Gasteiger partial charge >= 0.3 is 0 Å². The third-order valence-electron chi connectivity index (χ3n) is 3.25. The van der Waals surface area contributed by atoms with E-state index in [4.69, 9.17) is 0 Å². The number of amides is 1. The summed E-state index contributed by atoms with van der Waals surface area (Å²) < 4.78 is 1.49. The Morgan fingerprint density at radius 2 is 1.80 bits per heavy atom. The summed E-state index contributed by atoms with van der Waals surface area (Å²) in [5.41, 5.74) is 1.71. The molecule has 0 bridgehead atoms. The molecule has 1 heterocycles. The van der Waals surface area contributed by atoms with Gasteiger partial charge in [0.2, 0.25) is 5.91 Å². The van der Waals surface area contributed by atoms with Crippen LogP contribution in [0.25, 0.3) is 0 Å². The summed E-state index contributed by atoms with van der Waals surface area (Å²) in [6.07, 6.45) is 0. The molecular weight excluding hydrogens is 252 g/mol. The molecule has 0 saturated carbocycles. The van der Waals surface area contributed by atoms with Gasteiger partial charge < -0.3 is 9.47 Å². The molecule has 0 fully saturated rings. The van der Waals surface area contributed by atoms with Crippen LogP contribution in [0.15, 0.2) is 53.3 Å². The average Bonchev–Trinajstić information content (AvgIpc) is 2.44. The number of hydrogen-bond acceptors (Lipinski definition) is 2. The average molecular weight is 270 g/mol. The maximum Gasteiger partial charge on any atom is 0.251 e. The largest absolute Gasteiger partial charge is 0.340 e. The Bertz CT molecular complexity index is 647. The fourth-order valence-corrected chi connectivity index (χ4v) is 2.03. The summed E-state index contributed by atoms with van der Waals surface area (Å²) in [7, 11) is 1.75. The molecule has 1 amide bonds. The fourth-order valence-electron chi connectivity index (χ4n) is 2.03. The summed E-state index contributed by atoms with van der Waals surface area (Å²) in [4.78, 5) is 25.6. The molecular formula is C16H18N2O2. The molecule has 0 spiro atoms. The van der Waals surface area contributed by atoms with Crippen molar-refractivity contribution in [3.05, 3.63) is 70.1 Å². The van der Waals surface area contributed by atoms with Gasteiger partial charge in [-0.2, -0.15) is 0 Å². The zero-order valence-electron chi connectivity index (χ0n) is 11.7. The third kappa shape index (κ3) is 3.35. The van der Waals surface area contributed by atoms with Crippen LogP contribution in [0.1, 0.15) is 11.3 Å². The number of aromatic nitrogens is 1. The second-order valence-electron chi connectivity index (χ2n) is 4.83. The lowest BCUT2D eigenvalue weighted by Gasteiger charge is -2.18. The molecule has 104 valence electrons. The van der Waals surface area contributed by atoms with E-state index in [1.807, 2.05) is 43.3 Å². The molecule has 20 heavy (non-hydrogen) atoms. The molecule has 2 rings (SSSR count). The van der Waals surface area contributed by atoms with Gasteiger partial charge in [-0.25, -0.2) is 0 Å². The van der Waals surface area contributed by atoms with E-state index in [-0.39, 0.29) is 18.0 Å². The van der Waals surface area contributed by atoms with Crippen molar-refractivity contribution in [1.29, 1.82) is 0 Å². The standard InChI is InChI=1S/C16H18N2O2/c1-13-7-6-10-15(19)18(13)12-16(20)17(2)11-14-8-4-3-5-9-14/h3-10H,11-12H2,1-2H3. The summed E-state index contributed by atoms with van der Waals surface area (Å²) in [5, 5.41) is 0. The first-order chi connectivity index (χ1) is 9.58. The number of aryl methyl sites for hydroxylation is 1. The molecule has 0 aliphatic rings. The lowest BCUT2D eigenvalue weighted by Crippen LogP contribution is -2.34. The van der Waals surface area contributed by atoms with Crippen molar-refractivity contribution in [3.8, 4) is 0 Å². The summed E-state index contributed by atoms with van der Waals surface area (Å²) >= 11 is 0. The van der Waals surface area contributed by atoms with E-state index in [0.29, 0.717) is 6.54 Å². The number of benzene rings is 1. The van der Waals surface area contributed by atoms with Gasteiger partial charge in [0.1, 0.15) is 6.54 Å². The first kappa shape index (κ1) is 14.1. The number of carbonyl (C=O) groups is 1. The predicted octanol–water partition coefficient (Wildman–Crippen LogP) is 1.82. The SMILES string of the molecule is Cc1cccc(=O)n1CC(=O)N(C)Cc1ccccc1. The molecule has 4 nitrogen and oxygen atoms in total. The summed E-state index contributed by atoms with van der Waals surface area (Å²) in [5.74, 6) is -0.0785. The van der Waals surface area contributed by atoms with Crippen LogP contribution in [0.2, 0.25) is 0 Å². The molecule has 0 radical (unpaired) electrons. The lowest BCUT2D eigenvalue weighted by atomic mass is 10.2. The van der Waals surface area contributed by atoms with Gasteiger partial charge in [-0.05, 0) is 18.6 Å². The molecule has 2 aromatic rings. The van der Waals surface area contributed by atoms with Crippen molar-refractivity contribution in [2.45, 2.75) is 20.0 Å².